The maximum Gasteiger partial charge on any atom is 0.165 e. The molecule has 1 aromatic rings. The largest absolute Gasteiger partial charge is 0.493 e. The maximum absolute atomic E-state index is 13.6. The van der Waals surface area contributed by atoms with E-state index in [1.807, 2.05) is 4.90 Å². The lowest BCUT2D eigenvalue weighted by Crippen LogP contribution is -2.45. The Hall–Kier alpha value is -0.620. The second kappa shape index (κ2) is 9.34. The molecule has 20 heavy (non-hydrogen) atoms. The van der Waals surface area contributed by atoms with Crippen molar-refractivity contribution in [3.8, 4) is 5.75 Å². The number of ether oxygens (including phenoxy) is 1. The summed E-state index contributed by atoms with van der Waals surface area (Å²) in [7, 11) is 1.41. The Kier molecular flexibility index (Phi) is 9.05. The molecule has 3 nitrogen and oxygen atoms in total. The first-order chi connectivity index (χ1) is 8.77. The number of halogens is 4. The number of nitrogens with zero attached hydrogens (tertiary/aromatic N) is 1. The van der Waals surface area contributed by atoms with Gasteiger partial charge in [0.05, 0.1) is 13.2 Å². The molecule has 2 rings (SSSR count). The van der Waals surface area contributed by atoms with Crippen LogP contribution in [-0.4, -0.2) is 44.9 Å². The van der Waals surface area contributed by atoms with E-state index in [2.05, 4.69) is 5.32 Å². The molecule has 1 N–H and O–H groups in total. The normalized spacial score (nSPS) is 16.8. The van der Waals surface area contributed by atoms with Gasteiger partial charge in [-0.1, -0.05) is 12.1 Å². The summed E-state index contributed by atoms with van der Waals surface area (Å²) in [6.07, 6.45) is 0. The molecule has 0 aromatic heterocycles. The van der Waals surface area contributed by atoms with Crippen LogP contribution in [0, 0.1) is 5.82 Å². The number of piperazine rings is 1. The Bertz CT molecular complexity index is 404. The molecule has 1 fully saturated rings. The molecule has 1 aliphatic heterocycles. The van der Waals surface area contributed by atoms with Crippen molar-refractivity contribution in [2.24, 2.45) is 0 Å². The van der Waals surface area contributed by atoms with E-state index in [-0.39, 0.29) is 30.6 Å². The van der Waals surface area contributed by atoms with Crippen molar-refractivity contribution in [2.75, 3.05) is 40.0 Å². The van der Waals surface area contributed by atoms with E-state index in [9.17, 15) is 8.78 Å². The van der Waals surface area contributed by atoms with Crippen LogP contribution in [0.4, 0.5) is 8.78 Å². The molecule has 0 bridgehead atoms. The fourth-order valence-corrected chi connectivity index (χ4v) is 2.37. The van der Waals surface area contributed by atoms with Gasteiger partial charge in [-0.25, -0.2) is 8.78 Å². The molecule has 0 unspecified atom stereocenters. The molecule has 1 aliphatic rings. The zero-order chi connectivity index (χ0) is 13.0. The van der Waals surface area contributed by atoms with E-state index in [0.29, 0.717) is 5.56 Å². The van der Waals surface area contributed by atoms with Crippen molar-refractivity contribution in [2.45, 2.75) is 6.04 Å². The summed E-state index contributed by atoms with van der Waals surface area (Å²) >= 11 is 0. The Morgan fingerprint density at radius 2 is 1.95 bits per heavy atom. The predicted molar refractivity (Wildman–Crippen MR) is 80.6 cm³/mol. The maximum atomic E-state index is 13.6. The van der Waals surface area contributed by atoms with E-state index in [0.717, 1.165) is 26.2 Å². The third-order valence-electron chi connectivity index (χ3n) is 3.30. The molecule has 0 saturated carbocycles. The molecule has 0 radical (unpaired) electrons. The fourth-order valence-electron chi connectivity index (χ4n) is 2.37. The quantitative estimate of drug-likeness (QED) is 0.919. The number of hydrogen-bond donors (Lipinski definition) is 1. The molecular formula is C13H20Cl2F2N2O. The molecule has 1 aromatic carbocycles. The lowest BCUT2D eigenvalue weighted by Gasteiger charge is -2.34. The minimum absolute atomic E-state index is 0. The third-order valence-corrected chi connectivity index (χ3v) is 3.30. The number of alkyl halides is 1. The topological polar surface area (TPSA) is 24.5 Å². The highest BCUT2D eigenvalue weighted by molar-refractivity contribution is 5.85. The van der Waals surface area contributed by atoms with Crippen molar-refractivity contribution in [1.82, 2.24) is 10.2 Å². The molecule has 0 aliphatic carbocycles. The van der Waals surface area contributed by atoms with Crippen LogP contribution in [0.15, 0.2) is 18.2 Å². The Morgan fingerprint density at radius 3 is 2.50 bits per heavy atom. The van der Waals surface area contributed by atoms with Gasteiger partial charge in [-0.3, -0.25) is 4.90 Å². The number of para-hydroxylation sites is 1. The van der Waals surface area contributed by atoms with Crippen LogP contribution in [0.5, 0.6) is 5.75 Å². The highest BCUT2D eigenvalue weighted by Gasteiger charge is 2.25. The monoisotopic (exact) mass is 328 g/mol. The molecule has 0 spiro atoms. The van der Waals surface area contributed by atoms with E-state index >= 15 is 0 Å². The van der Waals surface area contributed by atoms with Crippen molar-refractivity contribution in [3.63, 3.8) is 0 Å². The molecule has 116 valence electrons. The third kappa shape index (κ3) is 4.19. The van der Waals surface area contributed by atoms with E-state index in [1.165, 1.54) is 13.2 Å². The number of rotatable bonds is 4. The Labute approximate surface area is 130 Å². The summed E-state index contributed by atoms with van der Waals surface area (Å²) < 4.78 is 32.0. The van der Waals surface area contributed by atoms with Crippen LogP contribution in [0.3, 0.4) is 0 Å². The standard InChI is InChI=1S/C13H18F2N2O.2ClH/c1-18-13-10(3-2-4-11(13)15)12(9-14)17-7-5-16-6-8-17;;/h2-4,12,16H,5-9H2,1H3;2*1H/t12-;;/m0../s1. The molecule has 0 amide bonds. The lowest BCUT2D eigenvalue weighted by molar-refractivity contribution is 0.144. The van der Waals surface area contributed by atoms with Crippen molar-refractivity contribution in [1.29, 1.82) is 0 Å². The van der Waals surface area contributed by atoms with Crippen molar-refractivity contribution in [3.05, 3.63) is 29.6 Å². The smallest absolute Gasteiger partial charge is 0.165 e. The van der Waals surface area contributed by atoms with E-state index in [1.54, 1.807) is 12.1 Å². The van der Waals surface area contributed by atoms with Crippen LogP contribution >= 0.6 is 24.8 Å². The second-order valence-corrected chi connectivity index (χ2v) is 4.32. The molecule has 1 atom stereocenters. The van der Waals surface area contributed by atoms with Crippen LogP contribution in [-0.2, 0) is 0 Å². The van der Waals surface area contributed by atoms with Crippen molar-refractivity contribution >= 4 is 24.8 Å². The number of nitrogens with one attached hydrogen (secondary N) is 1. The highest BCUT2D eigenvalue weighted by atomic mass is 35.5. The summed E-state index contributed by atoms with van der Waals surface area (Å²) in [6.45, 7) is 2.63. The van der Waals surface area contributed by atoms with E-state index < -0.39 is 18.5 Å². The fraction of sp³-hybridized carbons (Fsp3) is 0.538. The average Bonchev–Trinajstić information content (AvgIpc) is 2.41. The minimum Gasteiger partial charge on any atom is -0.493 e. The molecular weight excluding hydrogens is 309 g/mol. The number of hydrogen-bond acceptors (Lipinski definition) is 3. The summed E-state index contributed by atoms with van der Waals surface area (Å²) in [6, 6.07) is 4.22. The van der Waals surface area contributed by atoms with Gasteiger partial charge in [-0.15, -0.1) is 24.8 Å². The van der Waals surface area contributed by atoms with Gasteiger partial charge in [-0.05, 0) is 6.07 Å². The van der Waals surface area contributed by atoms with Gasteiger partial charge in [0.2, 0.25) is 0 Å². The Balaban J connectivity index is 0.00000180. The Morgan fingerprint density at radius 1 is 1.30 bits per heavy atom. The number of methoxy groups -OCH3 is 1. The molecule has 7 heteroatoms. The van der Waals surface area contributed by atoms with Gasteiger partial charge in [0, 0.05) is 31.7 Å². The van der Waals surface area contributed by atoms with Gasteiger partial charge in [0.15, 0.2) is 11.6 Å². The molecule has 1 saturated heterocycles. The van der Waals surface area contributed by atoms with Gasteiger partial charge >= 0.3 is 0 Å². The molecule has 1 heterocycles. The van der Waals surface area contributed by atoms with E-state index in [4.69, 9.17) is 4.74 Å². The van der Waals surface area contributed by atoms with Gasteiger partial charge in [0.25, 0.3) is 0 Å². The van der Waals surface area contributed by atoms with Gasteiger partial charge < -0.3 is 10.1 Å². The summed E-state index contributed by atoms with van der Waals surface area (Å²) in [5, 5.41) is 3.22. The SMILES string of the molecule is COc1c(F)cccc1[C@H](CF)N1CCNCC1.Cl.Cl. The van der Waals surface area contributed by atoms with Crippen LogP contribution in [0.1, 0.15) is 11.6 Å². The van der Waals surface area contributed by atoms with Crippen molar-refractivity contribution < 1.29 is 13.5 Å². The highest BCUT2D eigenvalue weighted by Crippen LogP contribution is 2.32. The first-order valence-corrected chi connectivity index (χ1v) is 6.11. The predicted octanol–water partition coefficient (Wildman–Crippen LogP) is 2.59. The van der Waals surface area contributed by atoms with Gasteiger partial charge in [-0.2, -0.15) is 0 Å². The first kappa shape index (κ1) is 19.4. The van der Waals surface area contributed by atoms with Crippen LogP contribution < -0.4 is 10.1 Å². The van der Waals surface area contributed by atoms with Crippen LogP contribution in [0.2, 0.25) is 0 Å². The lowest BCUT2D eigenvalue weighted by atomic mass is 10.0. The van der Waals surface area contributed by atoms with Gasteiger partial charge in [0.1, 0.15) is 6.67 Å². The zero-order valence-electron chi connectivity index (χ0n) is 11.3. The minimum atomic E-state index is -0.542. The summed E-state index contributed by atoms with van der Waals surface area (Å²) in [4.78, 5) is 2.02. The average molecular weight is 329 g/mol. The number of benzene rings is 1. The first-order valence-electron chi connectivity index (χ1n) is 6.11. The van der Waals surface area contributed by atoms with Crippen LogP contribution in [0.25, 0.3) is 0 Å². The zero-order valence-corrected chi connectivity index (χ0v) is 12.9. The second-order valence-electron chi connectivity index (χ2n) is 4.32. The summed E-state index contributed by atoms with van der Waals surface area (Å²) in [5.74, 6) is -0.290. The summed E-state index contributed by atoms with van der Waals surface area (Å²) in [5.41, 5.74) is 0.585.